The quantitative estimate of drug-likeness (QED) is 0.679. The Labute approximate surface area is 109 Å². The lowest BCUT2D eigenvalue weighted by molar-refractivity contribution is -0.384. The van der Waals surface area contributed by atoms with Gasteiger partial charge in [0.05, 0.1) is 11.5 Å². The zero-order valence-corrected chi connectivity index (χ0v) is 11.0. The molecule has 0 spiro atoms. The Morgan fingerprint density at radius 2 is 2.11 bits per heavy atom. The van der Waals surface area contributed by atoms with Crippen molar-refractivity contribution >= 4 is 22.7 Å². The monoisotopic (exact) mass is 263 g/mol. The Morgan fingerprint density at radius 1 is 1.39 bits per heavy atom. The second-order valence-corrected chi connectivity index (χ2v) is 4.97. The molecule has 0 atom stereocenters. The molecule has 6 heteroatoms. The van der Waals surface area contributed by atoms with E-state index in [9.17, 15) is 10.1 Å². The fraction of sp³-hybridized carbons (Fsp3) is 0.250. The van der Waals surface area contributed by atoms with Crippen molar-refractivity contribution in [3.63, 3.8) is 0 Å². The fourth-order valence-electron chi connectivity index (χ4n) is 1.60. The molecule has 0 aliphatic rings. The van der Waals surface area contributed by atoms with Crippen LogP contribution in [-0.2, 0) is 6.54 Å². The second kappa shape index (κ2) is 5.14. The number of aryl methyl sites for hydroxylation is 2. The zero-order valence-electron chi connectivity index (χ0n) is 10.1. The molecular formula is C12H13N3O2S. The lowest BCUT2D eigenvalue weighted by Crippen LogP contribution is -2.03. The number of thiazole rings is 1. The standard InChI is InChI=1S/C12H13N3O2S/c1-8-5-10(11(15(16)17)6-9(8)2)14-7-12-13-3-4-18-12/h3-6,14H,7H2,1-2H3. The predicted octanol–water partition coefficient (Wildman–Crippen LogP) is 3.28. The van der Waals surface area contributed by atoms with Crippen LogP contribution in [0.4, 0.5) is 11.4 Å². The molecule has 0 saturated carbocycles. The van der Waals surface area contributed by atoms with Gasteiger partial charge in [-0.3, -0.25) is 10.1 Å². The van der Waals surface area contributed by atoms with E-state index in [4.69, 9.17) is 0 Å². The molecule has 94 valence electrons. The summed E-state index contributed by atoms with van der Waals surface area (Å²) in [4.78, 5) is 14.8. The van der Waals surface area contributed by atoms with Crippen molar-refractivity contribution in [1.82, 2.24) is 4.98 Å². The average Bonchev–Trinajstić information content (AvgIpc) is 2.83. The highest BCUT2D eigenvalue weighted by atomic mass is 32.1. The van der Waals surface area contributed by atoms with Crippen LogP contribution in [0, 0.1) is 24.0 Å². The third-order valence-electron chi connectivity index (χ3n) is 2.72. The van der Waals surface area contributed by atoms with Gasteiger partial charge in [-0.2, -0.15) is 0 Å². The highest BCUT2D eigenvalue weighted by Crippen LogP contribution is 2.28. The number of nitro groups is 1. The first-order valence-corrected chi connectivity index (χ1v) is 6.34. The van der Waals surface area contributed by atoms with E-state index in [1.807, 2.05) is 19.2 Å². The van der Waals surface area contributed by atoms with E-state index in [-0.39, 0.29) is 10.6 Å². The van der Waals surface area contributed by atoms with Gasteiger partial charge >= 0.3 is 0 Å². The largest absolute Gasteiger partial charge is 0.373 e. The summed E-state index contributed by atoms with van der Waals surface area (Å²) in [7, 11) is 0. The minimum absolute atomic E-state index is 0.106. The summed E-state index contributed by atoms with van der Waals surface area (Å²) in [5.74, 6) is 0. The van der Waals surface area contributed by atoms with E-state index < -0.39 is 0 Å². The van der Waals surface area contributed by atoms with Crippen LogP contribution >= 0.6 is 11.3 Å². The van der Waals surface area contributed by atoms with Gasteiger partial charge in [-0.1, -0.05) is 0 Å². The van der Waals surface area contributed by atoms with Gasteiger partial charge in [0.2, 0.25) is 0 Å². The number of benzene rings is 1. The van der Waals surface area contributed by atoms with Crippen molar-refractivity contribution in [2.45, 2.75) is 20.4 Å². The lowest BCUT2D eigenvalue weighted by atomic mass is 10.1. The summed E-state index contributed by atoms with van der Waals surface area (Å²) in [5.41, 5.74) is 2.59. The molecule has 0 bridgehead atoms. The number of hydrogen-bond donors (Lipinski definition) is 1. The molecule has 0 aliphatic carbocycles. The van der Waals surface area contributed by atoms with Crippen LogP contribution in [0.1, 0.15) is 16.1 Å². The van der Waals surface area contributed by atoms with Gasteiger partial charge in [0.1, 0.15) is 10.7 Å². The molecule has 2 rings (SSSR count). The summed E-state index contributed by atoms with van der Waals surface area (Å²) in [6, 6.07) is 3.40. The Bertz CT molecular complexity index is 567. The average molecular weight is 263 g/mol. The maximum Gasteiger partial charge on any atom is 0.292 e. The first-order chi connectivity index (χ1) is 8.58. The van der Waals surface area contributed by atoms with E-state index in [2.05, 4.69) is 10.3 Å². The summed E-state index contributed by atoms with van der Waals surface area (Å²) in [6.45, 7) is 4.31. The molecule has 0 amide bonds. The third-order valence-corrected chi connectivity index (χ3v) is 3.50. The molecule has 0 radical (unpaired) electrons. The van der Waals surface area contributed by atoms with Crippen molar-refractivity contribution in [1.29, 1.82) is 0 Å². The number of aromatic nitrogens is 1. The van der Waals surface area contributed by atoms with Crippen LogP contribution in [0.5, 0.6) is 0 Å². The first kappa shape index (κ1) is 12.5. The van der Waals surface area contributed by atoms with Crippen molar-refractivity contribution in [3.05, 3.63) is 50.0 Å². The van der Waals surface area contributed by atoms with E-state index in [0.717, 1.165) is 16.1 Å². The minimum atomic E-state index is -0.364. The van der Waals surface area contributed by atoms with Gasteiger partial charge in [0.25, 0.3) is 5.69 Å². The molecule has 1 heterocycles. The molecule has 0 fully saturated rings. The van der Waals surface area contributed by atoms with Gasteiger partial charge in [-0.25, -0.2) is 4.98 Å². The maximum absolute atomic E-state index is 11.0. The van der Waals surface area contributed by atoms with Gasteiger partial charge < -0.3 is 5.32 Å². The first-order valence-electron chi connectivity index (χ1n) is 5.46. The normalized spacial score (nSPS) is 10.3. The zero-order chi connectivity index (χ0) is 13.1. The maximum atomic E-state index is 11.0. The molecule has 1 aromatic heterocycles. The van der Waals surface area contributed by atoms with Gasteiger partial charge in [0.15, 0.2) is 0 Å². The Kier molecular flexibility index (Phi) is 3.57. The van der Waals surface area contributed by atoms with Crippen molar-refractivity contribution in [3.8, 4) is 0 Å². The van der Waals surface area contributed by atoms with E-state index in [1.54, 1.807) is 18.3 Å². The second-order valence-electron chi connectivity index (χ2n) is 3.99. The van der Waals surface area contributed by atoms with Crippen LogP contribution < -0.4 is 5.32 Å². The van der Waals surface area contributed by atoms with Crippen molar-refractivity contribution in [2.24, 2.45) is 0 Å². The van der Waals surface area contributed by atoms with Crippen LogP contribution in [0.25, 0.3) is 0 Å². The lowest BCUT2D eigenvalue weighted by Gasteiger charge is -2.08. The Morgan fingerprint density at radius 3 is 2.72 bits per heavy atom. The molecular weight excluding hydrogens is 250 g/mol. The highest BCUT2D eigenvalue weighted by molar-refractivity contribution is 7.09. The van der Waals surface area contributed by atoms with E-state index >= 15 is 0 Å². The number of hydrogen-bond acceptors (Lipinski definition) is 5. The van der Waals surface area contributed by atoms with Crippen molar-refractivity contribution < 1.29 is 4.92 Å². The molecule has 0 saturated heterocycles. The topological polar surface area (TPSA) is 68.1 Å². The third kappa shape index (κ3) is 2.65. The van der Waals surface area contributed by atoms with E-state index in [1.165, 1.54) is 11.3 Å². The summed E-state index contributed by atoms with van der Waals surface area (Å²) >= 11 is 1.52. The summed E-state index contributed by atoms with van der Waals surface area (Å²) in [5, 5.41) is 16.9. The Hall–Kier alpha value is -1.95. The number of nitrogens with one attached hydrogen (secondary N) is 1. The molecule has 0 aliphatic heterocycles. The highest BCUT2D eigenvalue weighted by Gasteiger charge is 2.15. The van der Waals surface area contributed by atoms with Crippen LogP contribution in [-0.4, -0.2) is 9.91 Å². The summed E-state index contributed by atoms with van der Waals surface area (Å²) in [6.07, 6.45) is 1.72. The van der Waals surface area contributed by atoms with E-state index in [0.29, 0.717) is 12.2 Å². The van der Waals surface area contributed by atoms with Crippen LogP contribution in [0.2, 0.25) is 0 Å². The number of nitro benzene ring substituents is 1. The number of nitrogens with zero attached hydrogens (tertiary/aromatic N) is 2. The SMILES string of the molecule is Cc1cc(NCc2nccs2)c([N+](=O)[O-])cc1C. The molecule has 0 unspecified atom stereocenters. The predicted molar refractivity (Wildman–Crippen MR) is 72.0 cm³/mol. The fourth-order valence-corrected chi connectivity index (χ4v) is 2.16. The molecule has 18 heavy (non-hydrogen) atoms. The molecule has 1 aromatic carbocycles. The molecule has 5 nitrogen and oxygen atoms in total. The van der Waals surface area contributed by atoms with Crippen molar-refractivity contribution in [2.75, 3.05) is 5.32 Å². The van der Waals surface area contributed by atoms with Crippen LogP contribution in [0.15, 0.2) is 23.7 Å². The number of anilines is 1. The summed E-state index contributed by atoms with van der Waals surface area (Å²) < 4.78 is 0. The van der Waals surface area contributed by atoms with Gasteiger partial charge in [-0.05, 0) is 31.0 Å². The smallest absolute Gasteiger partial charge is 0.292 e. The van der Waals surface area contributed by atoms with Gasteiger partial charge in [-0.15, -0.1) is 11.3 Å². The van der Waals surface area contributed by atoms with Gasteiger partial charge in [0, 0.05) is 17.6 Å². The molecule has 1 N–H and O–H groups in total. The number of rotatable bonds is 4. The van der Waals surface area contributed by atoms with Crippen LogP contribution in [0.3, 0.4) is 0 Å². The molecule has 2 aromatic rings. The Balaban J connectivity index is 2.25. The minimum Gasteiger partial charge on any atom is -0.373 e.